The summed E-state index contributed by atoms with van der Waals surface area (Å²) in [6.45, 7) is 5.65. The van der Waals surface area contributed by atoms with Crippen molar-refractivity contribution in [1.82, 2.24) is 25.1 Å². The highest BCUT2D eigenvalue weighted by atomic mass is 32.2. The second kappa shape index (κ2) is 12.2. The summed E-state index contributed by atoms with van der Waals surface area (Å²) < 4.78 is 1.78. The maximum atomic E-state index is 12.7. The lowest BCUT2D eigenvalue weighted by Gasteiger charge is -2.21. The van der Waals surface area contributed by atoms with Gasteiger partial charge < -0.3 is 15.2 Å². The summed E-state index contributed by atoms with van der Waals surface area (Å²) in [7, 11) is 1.80. The summed E-state index contributed by atoms with van der Waals surface area (Å²) in [6, 6.07) is 13.5. The van der Waals surface area contributed by atoms with E-state index in [2.05, 4.69) is 25.8 Å². The number of rotatable bonds is 10. The lowest BCUT2D eigenvalue weighted by molar-refractivity contribution is -0.385. The highest BCUT2D eigenvalue weighted by molar-refractivity contribution is 7.99. The third-order valence-electron chi connectivity index (χ3n) is 5.92. The molecule has 0 fully saturated rings. The molecule has 2 amide bonds. The summed E-state index contributed by atoms with van der Waals surface area (Å²) >= 11 is 2.45. The number of aryl methyl sites for hydroxylation is 1. The van der Waals surface area contributed by atoms with Crippen LogP contribution in [0.5, 0.6) is 0 Å². The lowest BCUT2D eigenvalue weighted by Crippen LogP contribution is -2.33. The largest absolute Gasteiger partial charge is 0.342 e. The molecule has 0 bridgehead atoms. The molecule has 1 atom stereocenters. The summed E-state index contributed by atoms with van der Waals surface area (Å²) in [6.07, 6.45) is 0. The number of benzene rings is 2. The number of nitro benzene ring substituents is 1. The Labute approximate surface area is 233 Å². The number of hydrogen-bond acceptors (Lipinski definition) is 9. The molecule has 13 heteroatoms. The number of amides is 2. The number of nitrogens with one attached hydrogen (secondary N) is 2. The number of anilines is 1. The summed E-state index contributed by atoms with van der Waals surface area (Å²) in [4.78, 5) is 40.6. The predicted octanol–water partition coefficient (Wildman–Crippen LogP) is 5.01. The second-order valence-corrected chi connectivity index (χ2v) is 10.9. The van der Waals surface area contributed by atoms with Crippen LogP contribution in [0.1, 0.15) is 41.6 Å². The van der Waals surface area contributed by atoms with E-state index in [1.54, 1.807) is 48.2 Å². The van der Waals surface area contributed by atoms with Gasteiger partial charge in [0.05, 0.1) is 22.4 Å². The quantitative estimate of drug-likeness (QED) is 0.155. The smallest absolute Gasteiger partial charge is 0.272 e. The highest BCUT2D eigenvalue weighted by Crippen LogP contribution is 2.30. The van der Waals surface area contributed by atoms with Crippen molar-refractivity contribution in [2.24, 2.45) is 13.0 Å². The number of thiazole rings is 1. The molecular formula is C26H27N7O4S2. The fourth-order valence-electron chi connectivity index (χ4n) is 3.78. The van der Waals surface area contributed by atoms with Gasteiger partial charge in [-0.3, -0.25) is 19.7 Å². The minimum atomic E-state index is -0.427. The molecule has 4 aromatic rings. The summed E-state index contributed by atoms with van der Waals surface area (Å²) in [5.74, 6) is 0.233. The Morgan fingerprint density at radius 2 is 1.90 bits per heavy atom. The van der Waals surface area contributed by atoms with Crippen molar-refractivity contribution in [3.05, 3.63) is 81.0 Å². The van der Waals surface area contributed by atoms with Gasteiger partial charge in [0.25, 0.3) is 11.6 Å². The molecule has 39 heavy (non-hydrogen) atoms. The van der Waals surface area contributed by atoms with Crippen LogP contribution in [0.4, 0.5) is 10.8 Å². The average molecular weight is 566 g/mol. The Kier molecular flexibility index (Phi) is 8.72. The van der Waals surface area contributed by atoms with E-state index in [0.717, 1.165) is 0 Å². The molecule has 0 aliphatic rings. The number of nitro groups is 1. The van der Waals surface area contributed by atoms with Gasteiger partial charge in [-0.2, -0.15) is 0 Å². The van der Waals surface area contributed by atoms with Crippen molar-refractivity contribution >= 4 is 45.7 Å². The molecule has 0 spiro atoms. The highest BCUT2D eigenvalue weighted by Gasteiger charge is 2.25. The number of hydrogen-bond donors (Lipinski definition) is 2. The summed E-state index contributed by atoms with van der Waals surface area (Å²) in [5.41, 5.74) is 2.28. The molecule has 2 N–H and O–H groups in total. The maximum Gasteiger partial charge on any atom is 0.272 e. The van der Waals surface area contributed by atoms with Crippen molar-refractivity contribution in [1.29, 1.82) is 0 Å². The molecule has 0 saturated heterocycles. The molecule has 0 radical (unpaired) electrons. The van der Waals surface area contributed by atoms with Crippen LogP contribution in [0.2, 0.25) is 0 Å². The van der Waals surface area contributed by atoms with E-state index >= 15 is 0 Å². The maximum absolute atomic E-state index is 12.7. The predicted molar refractivity (Wildman–Crippen MR) is 151 cm³/mol. The van der Waals surface area contributed by atoms with Crippen LogP contribution in [0.25, 0.3) is 11.3 Å². The standard InChI is InChI=1S/C26H27N7O4S2/c1-15(2)22(29-24(35)17-8-6-5-7-9-17)23-30-31-26(32(23)4)39-14-21(34)28-25-27-19(13-38-25)18-11-10-16(3)20(12-18)33(36)37/h5-13,15,22H,14H2,1-4H3,(H,29,35)(H,27,28,34). The number of aromatic nitrogens is 4. The molecule has 11 nitrogen and oxygen atoms in total. The van der Waals surface area contributed by atoms with E-state index in [-0.39, 0.29) is 35.2 Å². The third-order valence-corrected chi connectivity index (χ3v) is 7.70. The molecule has 4 rings (SSSR count). The van der Waals surface area contributed by atoms with Gasteiger partial charge in [0.1, 0.15) is 0 Å². The van der Waals surface area contributed by atoms with Gasteiger partial charge in [-0.05, 0) is 25.0 Å². The monoisotopic (exact) mass is 565 g/mol. The van der Waals surface area contributed by atoms with Crippen molar-refractivity contribution in [2.45, 2.75) is 32.0 Å². The zero-order valence-electron chi connectivity index (χ0n) is 21.7. The molecule has 0 saturated carbocycles. The fraction of sp³-hybridized carbons (Fsp3) is 0.269. The van der Waals surface area contributed by atoms with Crippen LogP contribution in [-0.4, -0.2) is 42.2 Å². The zero-order valence-corrected chi connectivity index (χ0v) is 23.4. The second-order valence-electron chi connectivity index (χ2n) is 9.09. The van der Waals surface area contributed by atoms with Crippen molar-refractivity contribution in [3.63, 3.8) is 0 Å². The Balaban J connectivity index is 1.38. The normalized spacial score (nSPS) is 11.8. The Morgan fingerprint density at radius 1 is 1.15 bits per heavy atom. The van der Waals surface area contributed by atoms with Crippen LogP contribution in [-0.2, 0) is 11.8 Å². The van der Waals surface area contributed by atoms with Crippen LogP contribution >= 0.6 is 23.1 Å². The Bertz CT molecular complexity index is 1500. The minimum absolute atomic E-state index is 0.0184. The molecule has 0 aliphatic heterocycles. The van der Waals surface area contributed by atoms with Crippen LogP contribution < -0.4 is 10.6 Å². The Morgan fingerprint density at radius 3 is 2.59 bits per heavy atom. The minimum Gasteiger partial charge on any atom is -0.342 e. The van der Waals surface area contributed by atoms with E-state index < -0.39 is 4.92 Å². The SMILES string of the molecule is Cc1ccc(-c2csc(NC(=O)CSc3nnc(C(NC(=O)c4ccccc4)C(C)C)n3C)n2)cc1[N+](=O)[O-]. The molecule has 2 aromatic heterocycles. The average Bonchev–Trinajstić information content (AvgIpc) is 3.52. The molecule has 202 valence electrons. The van der Waals surface area contributed by atoms with E-state index in [0.29, 0.717) is 38.5 Å². The van der Waals surface area contributed by atoms with Gasteiger partial charge in [-0.1, -0.05) is 55.9 Å². The van der Waals surface area contributed by atoms with E-state index in [4.69, 9.17) is 0 Å². The number of nitrogens with zero attached hydrogens (tertiary/aromatic N) is 5. The lowest BCUT2D eigenvalue weighted by atomic mass is 10.0. The molecule has 2 aromatic carbocycles. The number of carbonyl (C=O) groups excluding carboxylic acids is 2. The van der Waals surface area contributed by atoms with Crippen molar-refractivity contribution < 1.29 is 14.5 Å². The first-order valence-corrected chi connectivity index (χ1v) is 13.9. The first kappa shape index (κ1) is 27.9. The molecular weight excluding hydrogens is 538 g/mol. The molecule has 2 heterocycles. The number of carbonyl (C=O) groups is 2. The van der Waals surface area contributed by atoms with Gasteiger partial charge in [0, 0.05) is 35.2 Å². The van der Waals surface area contributed by atoms with E-state index in [9.17, 15) is 19.7 Å². The van der Waals surface area contributed by atoms with Gasteiger partial charge in [0.2, 0.25) is 5.91 Å². The van der Waals surface area contributed by atoms with E-state index in [1.807, 2.05) is 32.0 Å². The summed E-state index contributed by atoms with van der Waals surface area (Å²) in [5, 5.41) is 28.2. The van der Waals surface area contributed by atoms with Crippen LogP contribution in [0.3, 0.4) is 0 Å². The van der Waals surface area contributed by atoms with Gasteiger partial charge in [-0.25, -0.2) is 4.98 Å². The first-order chi connectivity index (χ1) is 18.6. The number of thioether (sulfide) groups is 1. The van der Waals surface area contributed by atoms with Gasteiger partial charge >= 0.3 is 0 Å². The fourth-order valence-corrected chi connectivity index (χ4v) is 5.23. The molecule has 0 aliphatic carbocycles. The van der Waals surface area contributed by atoms with E-state index in [1.165, 1.54) is 29.2 Å². The Hall–Kier alpha value is -4.10. The van der Waals surface area contributed by atoms with Crippen LogP contribution in [0, 0.1) is 23.0 Å². The zero-order chi connectivity index (χ0) is 28.1. The topological polar surface area (TPSA) is 145 Å². The van der Waals surface area contributed by atoms with Gasteiger partial charge in [0.15, 0.2) is 16.1 Å². The van der Waals surface area contributed by atoms with Crippen molar-refractivity contribution in [3.8, 4) is 11.3 Å². The van der Waals surface area contributed by atoms with Crippen molar-refractivity contribution in [2.75, 3.05) is 11.1 Å². The van der Waals surface area contributed by atoms with Crippen LogP contribution in [0.15, 0.2) is 59.1 Å². The third kappa shape index (κ3) is 6.67. The first-order valence-electron chi connectivity index (χ1n) is 12.0. The van der Waals surface area contributed by atoms with Gasteiger partial charge in [-0.15, -0.1) is 21.5 Å². The molecule has 1 unspecified atom stereocenters.